The van der Waals surface area contributed by atoms with Gasteiger partial charge in [0, 0.05) is 18.3 Å². The molecule has 1 aromatic heterocycles. The number of rotatable bonds is 3. The molecule has 1 aliphatic carbocycles. The Morgan fingerprint density at radius 1 is 1.33 bits per heavy atom. The van der Waals surface area contributed by atoms with Crippen molar-refractivity contribution in [3.8, 4) is 0 Å². The van der Waals surface area contributed by atoms with E-state index in [1.165, 1.54) is 32.1 Å². The molecule has 5 nitrogen and oxygen atoms in total. The maximum absolute atomic E-state index is 12.3. The molecule has 0 atom stereocenters. The Hall–Kier alpha value is -2.04. The van der Waals surface area contributed by atoms with Crippen molar-refractivity contribution in [1.82, 2.24) is 9.97 Å². The second-order valence-corrected chi connectivity index (χ2v) is 5.74. The van der Waals surface area contributed by atoms with E-state index in [9.17, 15) is 4.79 Å². The van der Waals surface area contributed by atoms with Crippen molar-refractivity contribution >= 4 is 22.5 Å². The third-order valence-corrected chi connectivity index (χ3v) is 4.35. The fourth-order valence-electron chi connectivity index (χ4n) is 3.25. The number of hydrogen-bond donors (Lipinski definition) is 2. The van der Waals surface area contributed by atoms with Crippen LogP contribution in [-0.2, 0) is 0 Å². The zero-order valence-corrected chi connectivity index (χ0v) is 12.4. The zero-order valence-electron chi connectivity index (χ0n) is 12.4. The van der Waals surface area contributed by atoms with Crippen LogP contribution in [0.4, 0.5) is 11.6 Å². The van der Waals surface area contributed by atoms with Gasteiger partial charge in [-0.3, -0.25) is 9.78 Å². The van der Waals surface area contributed by atoms with Crippen LogP contribution in [0.5, 0.6) is 0 Å². The van der Waals surface area contributed by atoms with E-state index < -0.39 is 0 Å². The molecule has 3 rings (SSSR count). The summed E-state index contributed by atoms with van der Waals surface area (Å²) < 4.78 is 0. The number of nitrogens with one attached hydrogen (secondary N) is 1. The van der Waals surface area contributed by atoms with Crippen molar-refractivity contribution in [1.29, 1.82) is 0 Å². The first kappa shape index (κ1) is 13.9. The Balaban J connectivity index is 2.02. The Bertz CT molecular complexity index is 688. The number of aromatic amines is 1. The number of nitrogens with two attached hydrogens (primary N) is 1. The minimum atomic E-state index is -0.114. The van der Waals surface area contributed by atoms with Crippen LogP contribution >= 0.6 is 0 Å². The van der Waals surface area contributed by atoms with E-state index in [2.05, 4.69) is 21.8 Å². The summed E-state index contributed by atoms with van der Waals surface area (Å²) in [5, 5.41) is 0.554. The van der Waals surface area contributed by atoms with E-state index in [-0.39, 0.29) is 5.56 Å². The number of nitrogens with zero attached hydrogens (tertiary/aromatic N) is 2. The van der Waals surface area contributed by atoms with E-state index in [1.807, 2.05) is 6.07 Å². The summed E-state index contributed by atoms with van der Waals surface area (Å²) in [6.45, 7) is 2.97. The molecule has 0 spiro atoms. The summed E-state index contributed by atoms with van der Waals surface area (Å²) in [5.74, 6) is 0.687. The number of benzene rings is 1. The number of H-pyrrole nitrogens is 1. The lowest BCUT2D eigenvalue weighted by Crippen LogP contribution is -2.38. The van der Waals surface area contributed by atoms with Crippen LogP contribution < -0.4 is 16.2 Å². The number of aromatic nitrogens is 2. The summed E-state index contributed by atoms with van der Waals surface area (Å²) in [6, 6.07) is 5.77. The number of nitrogen functional groups attached to an aromatic ring is 1. The van der Waals surface area contributed by atoms with Gasteiger partial charge in [0.25, 0.3) is 5.56 Å². The van der Waals surface area contributed by atoms with Gasteiger partial charge in [-0.15, -0.1) is 0 Å². The Morgan fingerprint density at radius 2 is 2.10 bits per heavy atom. The van der Waals surface area contributed by atoms with Crippen molar-refractivity contribution in [3.05, 3.63) is 28.6 Å². The summed E-state index contributed by atoms with van der Waals surface area (Å²) in [4.78, 5) is 22.1. The standard InChI is InChI=1S/C16H22N4O/c1-2-20(12-6-4-3-5-7-12)16-18-14-9-8-11(17)10-13(14)15(21)19-16/h8-10,12H,2-7,17H2,1H3,(H,18,19,21). The largest absolute Gasteiger partial charge is 0.399 e. The quantitative estimate of drug-likeness (QED) is 0.851. The van der Waals surface area contributed by atoms with Gasteiger partial charge in [-0.25, -0.2) is 4.98 Å². The van der Waals surface area contributed by atoms with Gasteiger partial charge in [-0.05, 0) is 38.0 Å². The molecule has 0 amide bonds. The van der Waals surface area contributed by atoms with Gasteiger partial charge in [-0.2, -0.15) is 0 Å². The van der Waals surface area contributed by atoms with E-state index in [0.717, 1.165) is 6.54 Å². The maximum atomic E-state index is 12.3. The second-order valence-electron chi connectivity index (χ2n) is 5.74. The van der Waals surface area contributed by atoms with Crippen LogP contribution in [0.15, 0.2) is 23.0 Å². The molecule has 112 valence electrons. The monoisotopic (exact) mass is 286 g/mol. The van der Waals surface area contributed by atoms with Gasteiger partial charge in [0.05, 0.1) is 10.9 Å². The lowest BCUT2D eigenvalue weighted by Gasteiger charge is -2.33. The predicted molar refractivity (Wildman–Crippen MR) is 86.7 cm³/mol. The predicted octanol–water partition coefficient (Wildman–Crippen LogP) is 2.66. The topological polar surface area (TPSA) is 75.0 Å². The summed E-state index contributed by atoms with van der Waals surface area (Å²) in [6.07, 6.45) is 6.19. The van der Waals surface area contributed by atoms with Gasteiger partial charge < -0.3 is 10.6 Å². The molecule has 5 heteroatoms. The van der Waals surface area contributed by atoms with Crippen LogP contribution in [0.2, 0.25) is 0 Å². The summed E-state index contributed by atoms with van der Waals surface area (Å²) >= 11 is 0. The molecule has 1 aliphatic rings. The van der Waals surface area contributed by atoms with E-state index >= 15 is 0 Å². The van der Waals surface area contributed by atoms with Crippen LogP contribution in [0, 0.1) is 0 Å². The van der Waals surface area contributed by atoms with E-state index in [1.54, 1.807) is 12.1 Å². The summed E-state index contributed by atoms with van der Waals surface area (Å²) in [7, 11) is 0. The number of fused-ring (bicyclic) bond motifs is 1. The third kappa shape index (κ3) is 2.73. The van der Waals surface area contributed by atoms with E-state index in [0.29, 0.717) is 28.6 Å². The molecule has 1 heterocycles. The maximum Gasteiger partial charge on any atom is 0.260 e. The molecule has 1 aromatic carbocycles. The number of anilines is 2. The first-order chi connectivity index (χ1) is 10.2. The van der Waals surface area contributed by atoms with Crippen molar-refractivity contribution < 1.29 is 0 Å². The van der Waals surface area contributed by atoms with Crippen molar-refractivity contribution in [2.45, 2.75) is 45.1 Å². The average Bonchev–Trinajstić information content (AvgIpc) is 2.50. The smallest absolute Gasteiger partial charge is 0.260 e. The highest BCUT2D eigenvalue weighted by Crippen LogP contribution is 2.25. The molecule has 0 saturated heterocycles. The Kier molecular flexibility index (Phi) is 3.82. The highest BCUT2D eigenvalue weighted by Gasteiger charge is 2.22. The van der Waals surface area contributed by atoms with Crippen LogP contribution in [0.25, 0.3) is 10.9 Å². The van der Waals surface area contributed by atoms with Crippen molar-refractivity contribution in [2.24, 2.45) is 0 Å². The zero-order chi connectivity index (χ0) is 14.8. The van der Waals surface area contributed by atoms with Crippen LogP contribution in [0.3, 0.4) is 0 Å². The van der Waals surface area contributed by atoms with Gasteiger partial charge in [0.1, 0.15) is 0 Å². The molecule has 2 aromatic rings. The average molecular weight is 286 g/mol. The van der Waals surface area contributed by atoms with Gasteiger partial charge in [0.15, 0.2) is 0 Å². The molecule has 1 fully saturated rings. The lowest BCUT2D eigenvalue weighted by molar-refractivity contribution is 0.414. The normalized spacial score (nSPS) is 16.2. The van der Waals surface area contributed by atoms with Crippen LogP contribution in [0.1, 0.15) is 39.0 Å². The third-order valence-electron chi connectivity index (χ3n) is 4.35. The van der Waals surface area contributed by atoms with Gasteiger partial charge in [0.2, 0.25) is 5.95 Å². The number of hydrogen-bond acceptors (Lipinski definition) is 4. The van der Waals surface area contributed by atoms with Crippen molar-refractivity contribution in [2.75, 3.05) is 17.2 Å². The first-order valence-electron chi connectivity index (χ1n) is 7.75. The second kappa shape index (κ2) is 5.76. The Labute approximate surface area is 124 Å². The van der Waals surface area contributed by atoms with Crippen LogP contribution in [-0.4, -0.2) is 22.6 Å². The molecular formula is C16H22N4O. The molecule has 0 aliphatic heterocycles. The van der Waals surface area contributed by atoms with Gasteiger partial charge >= 0.3 is 0 Å². The summed E-state index contributed by atoms with van der Waals surface area (Å²) in [5.41, 5.74) is 6.92. The SMILES string of the molecule is CCN(c1nc2ccc(N)cc2c(=O)[nH]1)C1CCCCC1. The molecule has 21 heavy (non-hydrogen) atoms. The van der Waals surface area contributed by atoms with E-state index in [4.69, 9.17) is 5.73 Å². The molecular weight excluding hydrogens is 264 g/mol. The highest BCUT2D eigenvalue weighted by molar-refractivity contribution is 5.81. The molecule has 3 N–H and O–H groups in total. The fourth-order valence-corrected chi connectivity index (χ4v) is 3.25. The van der Waals surface area contributed by atoms with Crippen molar-refractivity contribution in [3.63, 3.8) is 0 Å². The highest BCUT2D eigenvalue weighted by atomic mass is 16.1. The minimum Gasteiger partial charge on any atom is -0.399 e. The lowest BCUT2D eigenvalue weighted by atomic mass is 9.94. The molecule has 0 radical (unpaired) electrons. The Morgan fingerprint density at radius 3 is 2.81 bits per heavy atom. The van der Waals surface area contributed by atoms with Gasteiger partial charge in [-0.1, -0.05) is 19.3 Å². The minimum absolute atomic E-state index is 0.114. The molecule has 0 bridgehead atoms. The fraction of sp³-hybridized carbons (Fsp3) is 0.500. The first-order valence-corrected chi connectivity index (χ1v) is 7.75. The molecule has 0 unspecified atom stereocenters. The molecule has 1 saturated carbocycles.